The molecule has 0 aliphatic carbocycles. The summed E-state index contributed by atoms with van der Waals surface area (Å²) in [4.78, 5) is 38.7. The Morgan fingerprint density at radius 2 is 2.17 bits per heavy atom. The van der Waals surface area contributed by atoms with Crippen LogP contribution in [0.25, 0.3) is 5.69 Å². The molecule has 0 spiro atoms. The van der Waals surface area contributed by atoms with E-state index in [2.05, 4.69) is 15.9 Å². The Bertz CT molecular complexity index is 795. The first-order chi connectivity index (χ1) is 11.0. The number of aryl methyl sites for hydroxylation is 1. The number of rotatable bonds is 6. The number of nitro groups is 1. The van der Waals surface area contributed by atoms with E-state index in [9.17, 15) is 19.7 Å². The molecule has 1 aromatic heterocycles. The number of hydrogen-bond acceptors (Lipinski definition) is 7. The zero-order valence-corrected chi connectivity index (χ0v) is 12.4. The molecule has 0 saturated carbocycles. The van der Waals surface area contributed by atoms with Gasteiger partial charge in [0.05, 0.1) is 16.2 Å². The van der Waals surface area contributed by atoms with Crippen LogP contribution in [0, 0.1) is 10.1 Å². The molecule has 122 valence electrons. The summed E-state index contributed by atoms with van der Waals surface area (Å²) in [6.45, 7) is 1.33. The highest BCUT2D eigenvalue weighted by Crippen LogP contribution is 2.24. The monoisotopic (exact) mass is 322 g/mol. The van der Waals surface area contributed by atoms with Crippen LogP contribution in [0.1, 0.15) is 18.9 Å². The lowest BCUT2D eigenvalue weighted by atomic mass is 10.1. The summed E-state index contributed by atoms with van der Waals surface area (Å²) in [5.41, 5.74) is 1.58. The molecular formula is C12H14N6O5. The second-order valence-corrected chi connectivity index (χ2v) is 4.50. The van der Waals surface area contributed by atoms with Crippen molar-refractivity contribution < 1.29 is 14.6 Å². The van der Waals surface area contributed by atoms with Crippen molar-refractivity contribution >= 4 is 11.6 Å². The van der Waals surface area contributed by atoms with E-state index in [1.807, 2.05) is 0 Å². The van der Waals surface area contributed by atoms with Crippen LogP contribution in [-0.2, 0) is 23.3 Å². The maximum absolute atomic E-state index is 12.0. The van der Waals surface area contributed by atoms with Crippen molar-refractivity contribution in [3.63, 3.8) is 0 Å². The van der Waals surface area contributed by atoms with Crippen molar-refractivity contribution in [3.8, 4) is 5.69 Å². The highest BCUT2D eigenvalue weighted by atomic mass is 16.7. The number of benzene rings is 1. The molecule has 0 saturated heterocycles. The van der Waals surface area contributed by atoms with Gasteiger partial charge in [0.2, 0.25) is 5.91 Å². The number of amides is 1. The number of tetrazole rings is 1. The molecule has 0 aliphatic heterocycles. The maximum Gasteiger partial charge on any atom is 0.368 e. The standard InChI is InChI=1S/C12H14N6O5/c1-3-11(19)13-23-7-8-9(5-4-6-10(8)18(21)22)17-12(20)16(2)14-15-17/h4-6H,3,7H2,1-2H3,(H,13,19). The second-order valence-electron chi connectivity index (χ2n) is 4.50. The van der Waals surface area contributed by atoms with Crippen LogP contribution in [0.15, 0.2) is 23.0 Å². The van der Waals surface area contributed by atoms with E-state index >= 15 is 0 Å². The first-order valence-electron chi connectivity index (χ1n) is 6.62. The molecular weight excluding hydrogens is 308 g/mol. The number of nitro benzene ring substituents is 1. The molecule has 0 fully saturated rings. The van der Waals surface area contributed by atoms with E-state index in [1.54, 1.807) is 6.92 Å². The molecule has 0 bridgehead atoms. The smallest absolute Gasteiger partial charge is 0.273 e. The SMILES string of the molecule is CCC(=O)NOCc1c(-n2nnn(C)c2=O)cccc1[N+](=O)[O-]. The quantitative estimate of drug-likeness (QED) is 0.576. The number of aromatic nitrogens is 4. The topological polar surface area (TPSA) is 134 Å². The highest BCUT2D eigenvalue weighted by Gasteiger charge is 2.21. The summed E-state index contributed by atoms with van der Waals surface area (Å²) in [6, 6.07) is 4.16. The van der Waals surface area contributed by atoms with Gasteiger partial charge in [-0.15, -0.1) is 0 Å². The lowest BCUT2D eigenvalue weighted by Crippen LogP contribution is -2.25. The Labute approximate surface area is 129 Å². The molecule has 1 aromatic carbocycles. The molecule has 0 radical (unpaired) electrons. The van der Waals surface area contributed by atoms with E-state index in [4.69, 9.17) is 4.84 Å². The van der Waals surface area contributed by atoms with E-state index in [-0.39, 0.29) is 35.9 Å². The van der Waals surface area contributed by atoms with Crippen LogP contribution < -0.4 is 11.2 Å². The lowest BCUT2D eigenvalue weighted by molar-refractivity contribution is -0.386. The van der Waals surface area contributed by atoms with Crippen LogP contribution in [0.2, 0.25) is 0 Å². The van der Waals surface area contributed by atoms with Gasteiger partial charge in [-0.05, 0) is 16.5 Å². The zero-order chi connectivity index (χ0) is 17.0. The molecule has 1 heterocycles. The minimum absolute atomic E-state index is 0.0940. The van der Waals surface area contributed by atoms with Crippen molar-refractivity contribution in [1.82, 2.24) is 25.3 Å². The third-order valence-corrected chi connectivity index (χ3v) is 3.00. The predicted octanol–water partition coefficient (Wildman–Crippen LogP) is -0.168. The summed E-state index contributed by atoms with van der Waals surface area (Å²) in [5, 5.41) is 18.4. The Balaban J connectivity index is 2.44. The lowest BCUT2D eigenvalue weighted by Gasteiger charge is -2.09. The van der Waals surface area contributed by atoms with Gasteiger partial charge in [-0.2, -0.15) is 9.36 Å². The molecule has 11 nitrogen and oxygen atoms in total. The van der Waals surface area contributed by atoms with Gasteiger partial charge in [-0.1, -0.05) is 13.0 Å². The van der Waals surface area contributed by atoms with Crippen molar-refractivity contribution in [2.75, 3.05) is 0 Å². The number of carbonyl (C=O) groups is 1. The summed E-state index contributed by atoms with van der Waals surface area (Å²) in [6.07, 6.45) is 0.202. The number of nitrogens with one attached hydrogen (secondary N) is 1. The van der Waals surface area contributed by atoms with Crippen LogP contribution in [0.4, 0.5) is 5.69 Å². The molecule has 11 heteroatoms. The first-order valence-corrected chi connectivity index (χ1v) is 6.62. The van der Waals surface area contributed by atoms with Crippen molar-refractivity contribution in [1.29, 1.82) is 0 Å². The summed E-state index contributed by atoms with van der Waals surface area (Å²) in [5.74, 6) is -0.373. The molecule has 2 rings (SSSR count). The molecule has 1 N–H and O–H groups in total. The van der Waals surface area contributed by atoms with Gasteiger partial charge in [0.25, 0.3) is 5.69 Å². The fraction of sp³-hybridized carbons (Fsp3) is 0.333. The minimum atomic E-state index is -0.606. The number of carbonyl (C=O) groups excluding carboxylic acids is 1. The zero-order valence-electron chi connectivity index (χ0n) is 12.4. The van der Waals surface area contributed by atoms with Gasteiger partial charge < -0.3 is 0 Å². The minimum Gasteiger partial charge on any atom is -0.273 e. The fourth-order valence-electron chi connectivity index (χ4n) is 1.81. The van der Waals surface area contributed by atoms with Crippen LogP contribution in [0.5, 0.6) is 0 Å². The summed E-state index contributed by atoms with van der Waals surface area (Å²) >= 11 is 0. The van der Waals surface area contributed by atoms with Crippen LogP contribution >= 0.6 is 0 Å². The molecule has 1 amide bonds. The fourth-order valence-corrected chi connectivity index (χ4v) is 1.81. The molecule has 2 aromatic rings. The van der Waals surface area contributed by atoms with E-state index in [0.717, 1.165) is 9.36 Å². The van der Waals surface area contributed by atoms with Crippen LogP contribution in [0.3, 0.4) is 0 Å². The van der Waals surface area contributed by atoms with Gasteiger partial charge in [0.15, 0.2) is 0 Å². The van der Waals surface area contributed by atoms with Crippen molar-refractivity contribution in [2.45, 2.75) is 20.0 Å². The van der Waals surface area contributed by atoms with E-state index in [1.165, 1.54) is 25.2 Å². The average molecular weight is 322 g/mol. The number of hydrogen-bond donors (Lipinski definition) is 1. The van der Waals surface area contributed by atoms with Gasteiger partial charge >= 0.3 is 5.69 Å². The Hall–Kier alpha value is -3.08. The van der Waals surface area contributed by atoms with E-state index in [0.29, 0.717) is 0 Å². The normalized spacial score (nSPS) is 10.5. The second kappa shape index (κ2) is 6.79. The van der Waals surface area contributed by atoms with E-state index < -0.39 is 10.6 Å². The largest absolute Gasteiger partial charge is 0.368 e. The molecule has 0 aliphatic rings. The number of hydroxylamine groups is 1. The summed E-state index contributed by atoms with van der Waals surface area (Å²) in [7, 11) is 1.40. The number of nitrogens with zero attached hydrogens (tertiary/aromatic N) is 5. The summed E-state index contributed by atoms with van der Waals surface area (Å²) < 4.78 is 1.91. The molecule has 23 heavy (non-hydrogen) atoms. The van der Waals surface area contributed by atoms with Crippen molar-refractivity contribution in [3.05, 3.63) is 44.4 Å². The Morgan fingerprint density at radius 1 is 1.43 bits per heavy atom. The van der Waals surface area contributed by atoms with Gasteiger partial charge in [-0.25, -0.2) is 10.3 Å². The molecule has 0 unspecified atom stereocenters. The third kappa shape index (κ3) is 3.40. The molecule has 0 atom stereocenters. The van der Waals surface area contributed by atoms with Gasteiger partial charge in [0, 0.05) is 19.5 Å². The van der Waals surface area contributed by atoms with Crippen molar-refractivity contribution in [2.24, 2.45) is 7.05 Å². The van der Waals surface area contributed by atoms with Crippen LogP contribution in [-0.4, -0.2) is 30.6 Å². The predicted molar refractivity (Wildman–Crippen MR) is 76.5 cm³/mol. The Morgan fingerprint density at radius 3 is 2.74 bits per heavy atom. The first kappa shape index (κ1) is 16.3. The Kier molecular flexibility index (Phi) is 4.81. The van der Waals surface area contributed by atoms with Gasteiger partial charge in [-0.3, -0.25) is 19.7 Å². The highest BCUT2D eigenvalue weighted by molar-refractivity contribution is 5.74. The maximum atomic E-state index is 12.0. The third-order valence-electron chi connectivity index (χ3n) is 3.00. The average Bonchev–Trinajstić information content (AvgIpc) is 2.86. The van der Waals surface area contributed by atoms with Gasteiger partial charge in [0.1, 0.15) is 6.61 Å².